The Hall–Kier alpha value is -4.32. The first-order valence-electron chi connectivity index (χ1n) is 16.1. The number of nitrogens with zero attached hydrogens (tertiary/aromatic N) is 2. The minimum atomic E-state index is -0.917. The smallest absolute Gasteiger partial charge is 0.407 e. The molecule has 0 bridgehead atoms. The van der Waals surface area contributed by atoms with Crippen LogP contribution in [0.2, 0.25) is 0 Å². The average Bonchev–Trinajstić information content (AvgIpc) is 3.74. The monoisotopic (exact) mass is 638 g/mol. The zero-order chi connectivity index (χ0) is 32.4. The molecule has 10 heteroatoms. The van der Waals surface area contributed by atoms with Gasteiger partial charge in [0.2, 0.25) is 0 Å². The summed E-state index contributed by atoms with van der Waals surface area (Å²) in [7, 11) is 1.82. The van der Waals surface area contributed by atoms with E-state index in [2.05, 4.69) is 27.9 Å². The molecule has 3 aromatic carbocycles. The summed E-state index contributed by atoms with van der Waals surface area (Å²) in [6.07, 6.45) is 0.750. The summed E-state index contributed by atoms with van der Waals surface area (Å²) in [5, 5.41) is 16.4. The summed E-state index contributed by atoms with van der Waals surface area (Å²) in [6, 6.07) is 31.1. The second-order valence-electron chi connectivity index (χ2n) is 11.9. The van der Waals surface area contributed by atoms with Gasteiger partial charge in [-0.1, -0.05) is 72.8 Å². The fourth-order valence-corrected chi connectivity index (χ4v) is 5.99. The second kappa shape index (κ2) is 16.0. The first-order chi connectivity index (χ1) is 23.0. The third-order valence-corrected chi connectivity index (χ3v) is 8.65. The number of rotatable bonds is 14. The number of pyridine rings is 1. The molecule has 4 aromatic rings. The minimum Gasteiger partial charge on any atom is -0.489 e. The SMILES string of the molecule is CNN(Cc1ccc(-c2ccccn2)cc1)C[C@H](O)[C@H](Cc1ccc(OCc2ccccc2)cc1)NC(=O)O[C@H]1CO[C@H]2OCC[C@H]21. The first kappa shape index (κ1) is 32.6. The van der Waals surface area contributed by atoms with Crippen molar-refractivity contribution in [2.75, 3.05) is 26.8 Å². The van der Waals surface area contributed by atoms with Crippen molar-refractivity contribution in [1.82, 2.24) is 20.7 Å². The van der Waals surface area contributed by atoms with Gasteiger partial charge in [0.15, 0.2) is 6.29 Å². The molecular weight excluding hydrogens is 596 g/mol. The second-order valence-corrected chi connectivity index (χ2v) is 11.9. The Morgan fingerprint density at radius 1 is 0.957 bits per heavy atom. The van der Waals surface area contributed by atoms with Crippen LogP contribution in [0.4, 0.5) is 4.79 Å². The fraction of sp³-hybridized carbons (Fsp3) is 0.351. The van der Waals surface area contributed by atoms with Crippen molar-refractivity contribution in [2.45, 2.75) is 50.5 Å². The van der Waals surface area contributed by atoms with E-state index in [9.17, 15) is 9.90 Å². The van der Waals surface area contributed by atoms with Crippen LogP contribution in [0.25, 0.3) is 11.3 Å². The van der Waals surface area contributed by atoms with Gasteiger partial charge in [-0.15, -0.1) is 0 Å². The van der Waals surface area contributed by atoms with Crippen molar-refractivity contribution in [3.8, 4) is 17.0 Å². The van der Waals surface area contributed by atoms with Crippen LogP contribution in [0, 0.1) is 5.92 Å². The number of aliphatic hydroxyl groups is 1. The number of aromatic nitrogens is 1. The quantitative estimate of drug-likeness (QED) is 0.169. The van der Waals surface area contributed by atoms with Crippen molar-refractivity contribution in [3.63, 3.8) is 0 Å². The van der Waals surface area contributed by atoms with Crippen molar-refractivity contribution < 1.29 is 28.8 Å². The Balaban J connectivity index is 1.10. The first-order valence-corrected chi connectivity index (χ1v) is 16.1. The van der Waals surface area contributed by atoms with E-state index in [1.165, 1.54) is 0 Å². The van der Waals surface area contributed by atoms with Crippen LogP contribution in [-0.2, 0) is 33.8 Å². The number of ether oxygens (including phenoxy) is 4. The van der Waals surface area contributed by atoms with Gasteiger partial charge in [0, 0.05) is 24.8 Å². The molecule has 2 aliphatic rings. The van der Waals surface area contributed by atoms with Gasteiger partial charge in [-0.25, -0.2) is 9.80 Å². The molecule has 47 heavy (non-hydrogen) atoms. The number of carbonyl (C=O) groups is 1. The van der Waals surface area contributed by atoms with E-state index in [4.69, 9.17) is 18.9 Å². The molecule has 0 aliphatic carbocycles. The Morgan fingerprint density at radius 3 is 2.47 bits per heavy atom. The Morgan fingerprint density at radius 2 is 1.72 bits per heavy atom. The van der Waals surface area contributed by atoms with Crippen LogP contribution in [0.1, 0.15) is 23.1 Å². The van der Waals surface area contributed by atoms with Gasteiger partial charge >= 0.3 is 6.09 Å². The van der Waals surface area contributed by atoms with E-state index in [0.29, 0.717) is 32.8 Å². The molecule has 3 heterocycles. The normalized spacial score (nSPS) is 20.0. The highest BCUT2D eigenvalue weighted by Gasteiger charge is 2.44. The van der Waals surface area contributed by atoms with Crippen LogP contribution in [-0.4, -0.2) is 72.5 Å². The van der Waals surface area contributed by atoms with Crippen molar-refractivity contribution >= 4 is 6.09 Å². The third-order valence-electron chi connectivity index (χ3n) is 8.65. The maximum absolute atomic E-state index is 13.2. The lowest BCUT2D eigenvalue weighted by molar-refractivity contribution is -0.0907. The van der Waals surface area contributed by atoms with E-state index in [0.717, 1.165) is 40.1 Å². The van der Waals surface area contributed by atoms with E-state index < -0.39 is 18.2 Å². The summed E-state index contributed by atoms with van der Waals surface area (Å²) in [5.74, 6) is 0.767. The summed E-state index contributed by atoms with van der Waals surface area (Å²) in [5.41, 5.74) is 8.23. The maximum Gasteiger partial charge on any atom is 0.407 e. The van der Waals surface area contributed by atoms with Crippen molar-refractivity contribution in [3.05, 3.63) is 120 Å². The molecule has 0 unspecified atom stereocenters. The molecule has 10 nitrogen and oxygen atoms in total. The van der Waals surface area contributed by atoms with Crippen LogP contribution in [0.3, 0.4) is 0 Å². The lowest BCUT2D eigenvalue weighted by Crippen LogP contribution is -2.52. The predicted octanol–water partition coefficient (Wildman–Crippen LogP) is 4.72. The molecule has 1 amide bonds. The van der Waals surface area contributed by atoms with E-state index in [1.54, 1.807) is 6.20 Å². The Kier molecular flexibility index (Phi) is 11.1. The summed E-state index contributed by atoms with van der Waals surface area (Å²) in [6.45, 7) is 2.16. The van der Waals surface area contributed by atoms with Crippen LogP contribution < -0.4 is 15.5 Å². The molecule has 2 fully saturated rings. The molecular formula is C37H42N4O6. The van der Waals surface area contributed by atoms with Gasteiger partial charge in [0.05, 0.1) is 37.0 Å². The topological polar surface area (TPSA) is 114 Å². The van der Waals surface area contributed by atoms with Gasteiger partial charge in [0.1, 0.15) is 18.5 Å². The summed E-state index contributed by atoms with van der Waals surface area (Å²) >= 11 is 0. The number of fused-ring (bicyclic) bond motifs is 1. The highest BCUT2D eigenvalue weighted by atomic mass is 16.7. The standard InChI is InChI=1S/C37H42N4O6/c1-38-41(22-27-10-14-29(15-11-27)32-9-5-6-19-39-32)23-34(42)33(40-37(43)47-35-25-46-36-31(35)18-20-44-36)21-26-12-16-30(17-13-26)45-24-28-7-3-2-4-8-28/h2-17,19,31,33-36,38,42H,18,20-25H2,1H3,(H,40,43)/t31-,33-,34-,35-,36+/m0/s1. The number of benzene rings is 3. The largest absolute Gasteiger partial charge is 0.489 e. The van der Waals surface area contributed by atoms with E-state index >= 15 is 0 Å². The summed E-state index contributed by atoms with van der Waals surface area (Å²) < 4.78 is 23.0. The van der Waals surface area contributed by atoms with E-state index in [1.807, 2.05) is 97.0 Å². The summed E-state index contributed by atoms with van der Waals surface area (Å²) in [4.78, 5) is 17.6. The van der Waals surface area contributed by atoms with Gasteiger partial charge in [-0.3, -0.25) is 10.4 Å². The molecule has 2 saturated heterocycles. The van der Waals surface area contributed by atoms with Gasteiger partial charge in [-0.05, 0) is 60.8 Å². The molecule has 246 valence electrons. The number of carbonyl (C=O) groups excluding carboxylic acids is 1. The van der Waals surface area contributed by atoms with Crippen LogP contribution >= 0.6 is 0 Å². The number of hydrazine groups is 1. The number of amides is 1. The third kappa shape index (κ3) is 8.94. The Bertz CT molecular complexity index is 1540. The lowest BCUT2D eigenvalue weighted by atomic mass is 10.0. The van der Waals surface area contributed by atoms with Gasteiger partial charge < -0.3 is 29.4 Å². The highest BCUT2D eigenvalue weighted by Crippen LogP contribution is 2.33. The molecule has 2 aliphatic heterocycles. The molecule has 0 spiro atoms. The van der Waals surface area contributed by atoms with Crippen LogP contribution in [0.5, 0.6) is 5.75 Å². The maximum atomic E-state index is 13.2. The van der Waals surface area contributed by atoms with Crippen LogP contribution in [0.15, 0.2) is 103 Å². The molecule has 5 atom stereocenters. The minimum absolute atomic E-state index is 0.0244. The molecule has 0 radical (unpaired) electrons. The molecule has 3 N–H and O–H groups in total. The van der Waals surface area contributed by atoms with Crippen molar-refractivity contribution in [2.24, 2.45) is 5.92 Å². The predicted molar refractivity (Wildman–Crippen MR) is 177 cm³/mol. The average molecular weight is 639 g/mol. The van der Waals surface area contributed by atoms with Gasteiger partial charge in [-0.2, -0.15) is 0 Å². The number of alkyl carbamates (subject to hydrolysis) is 1. The number of nitrogens with one attached hydrogen (secondary N) is 2. The number of aliphatic hydroxyl groups excluding tert-OH is 1. The number of hydrogen-bond donors (Lipinski definition) is 3. The number of hydrogen-bond acceptors (Lipinski definition) is 9. The Labute approximate surface area is 275 Å². The van der Waals surface area contributed by atoms with E-state index in [-0.39, 0.29) is 24.9 Å². The molecule has 1 aromatic heterocycles. The molecule has 6 rings (SSSR count). The zero-order valence-corrected chi connectivity index (χ0v) is 26.5. The highest BCUT2D eigenvalue weighted by molar-refractivity contribution is 5.68. The van der Waals surface area contributed by atoms with Crippen molar-refractivity contribution in [1.29, 1.82) is 0 Å². The van der Waals surface area contributed by atoms with Gasteiger partial charge in [0.25, 0.3) is 0 Å². The molecule has 0 saturated carbocycles. The zero-order valence-electron chi connectivity index (χ0n) is 26.5. The fourth-order valence-electron chi connectivity index (χ4n) is 5.99. The lowest BCUT2D eigenvalue weighted by Gasteiger charge is -2.30.